The number of rotatable bonds is 4. The highest BCUT2D eigenvalue weighted by atomic mass is 32.2. The Balaban J connectivity index is 2.26. The van der Waals surface area contributed by atoms with Gasteiger partial charge in [0.2, 0.25) is 11.8 Å². The molecule has 2 fully saturated rings. The monoisotopic (exact) mass is 270 g/mol. The molecule has 1 aliphatic carbocycles. The summed E-state index contributed by atoms with van der Waals surface area (Å²) in [6.07, 6.45) is 4.67. The highest BCUT2D eigenvalue weighted by Crippen LogP contribution is 2.45. The number of thioether (sulfide) groups is 1. The van der Waals surface area contributed by atoms with Gasteiger partial charge >= 0.3 is 6.03 Å². The summed E-state index contributed by atoms with van der Waals surface area (Å²) in [7, 11) is 0. The molecule has 0 aromatic heterocycles. The summed E-state index contributed by atoms with van der Waals surface area (Å²) in [6.45, 7) is 1.95. The van der Waals surface area contributed by atoms with Crippen molar-refractivity contribution in [3.05, 3.63) is 0 Å². The Bertz CT molecular complexity index is 393. The summed E-state index contributed by atoms with van der Waals surface area (Å²) in [5.41, 5.74) is -0.945. The van der Waals surface area contributed by atoms with Crippen LogP contribution in [-0.4, -0.2) is 40.8 Å². The van der Waals surface area contributed by atoms with E-state index >= 15 is 0 Å². The zero-order chi connectivity index (χ0) is 13.3. The molecular weight excluding hydrogens is 252 g/mol. The topological polar surface area (TPSA) is 66.5 Å². The van der Waals surface area contributed by atoms with Crippen molar-refractivity contribution in [2.24, 2.45) is 5.41 Å². The van der Waals surface area contributed by atoms with Crippen LogP contribution in [0.3, 0.4) is 0 Å². The first-order valence-corrected chi connectivity index (χ1v) is 7.64. The third kappa shape index (κ3) is 1.83. The molecule has 4 amide bonds. The van der Waals surface area contributed by atoms with Crippen LogP contribution in [0, 0.1) is 5.41 Å². The lowest BCUT2D eigenvalue weighted by molar-refractivity contribution is -0.158. The van der Waals surface area contributed by atoms with E-state index in [-0.39, 0.29) is 11.9 Å². The lowest BCUT2D eigenvalue weighted by Crippen LogP contribution is -2.68. The minimum Gasteiger partial charge on any atom is -0.277 e. The molecule has 1 atom stereocenters. The van der Waals surface area contributed by atoms with Crippen molar-refractivity contribution in [3.63, 3.8) is 0 Å². The summed E-state index contributed by atoms with van der Waals surface area (Å²) in [5.74, 6) is 0.0160. The number of hydrogen-bond acceptors (Lipinski definition) is 4. The van der Waals surface area contributed by atoms with E-state index in [1.807, 2.05) is 13.2 Å². The standard InChI is InChI=1S/C12H18N2O3S/c1-3-8(7-18-2)14-10(16)12(5-4-6-12)9(15)13-11(14)17/h8H,3-7H2,1-2H3,(H,13,15,17). The normalized spacial score (nSPS) is 23.9. The van der Waals surface area contributed by atoms with Gasteiger partial charge in [-0.3, -0.25) is 19.8 Å². The number of hydrogen-bond donors (Lipinski definition) is 1. The lowest BCUT2D eigenvalue weighted by Gasteiger charge is -2.46. The van der Waals surface area contributed by atoms with Gasteiger partial charge in [-0.1, -0.05) is 13.3 Å². The van der Waals surface area contributed by atoms with E-state index in [1.165, 1.54) is 4.90 Å². The van der Waals surface area contributed by atoms with Crippen LogP contribution in [0.4, 0.5) is 4.79 Å². The fourth-order valence-electron chi connectivity index (χ4n) is 2.57. The van der Waals surface area contributed by atoms with Crippen LogP contribution < -0.4 is 5.32 Å². The first-order chi connectivity index (χ1) is 8.56. The Kier molecular flexibility index (Phi) is 3.66. The molecule has 5 nitrogen and oxygen atoms in total. The summed E-state index contributed by atoms with van der Waals surface area (Å²) in [4.78, 5) is 37.5. The Morgan fingerprint density at radius 3 is 2.50 bits per heavy atom. The molecule has 0 radical (unpaired) electrons. The molecule has 0 aromatic rings. The van der Waals surface area contributed by atoms with E-state index in [0.29, 0.717) is 25.0 Å². The molecule has 1 aliphatic heterocycles. The van der Waals surface area contributed by atoms with Crippen LogP contribution in [0.15, 0.2) is 0 Å². The largest absolute Gasteiger partial charge is 0.331 e. The Morgan fingerprint density at radius 1 is 1.39 bits per heavy atom. The number of nitrogens with one attached hydrogen (secondary N) is 1. The van der Waals surface area contributed by atoms with E-state index in [2.05, 4.69) is 5.32 Å². The molecule has 1 heterocycles. The second-order valence-corrected chi connectivity index (χ2v) is 5.80. The van der Waals surface area contributed by atoms with Gasteiger partial charge in [0.1, 0.15) is 5.41 Å². The average molecular weight is 270 g/mol. The van der Waals surface area contributed by atoms with Crippen LogP contribution in [0.25, 0.3) is 0 Å². The Morgan fingerprint density at radius 2 is 2.06 bits per heavy atom. The predicted octanol–water partition coefficient (Wildman–Crippen LogP) is 1.38. The van der Waals surface area contributed by atoms with Crippen LogP contribution in [0.2, 0.25) is 0 Å². The third-order valence-electron chi connectivity index (χ3n) is 3.90. The summed E-state index contributed by atoms with van der Waals surface area (Å²) in [6, 6.07) is -0.679. The maximum atomic E-state index is 12.5. The number of urea groups is 1. The van der Waals surface area contributed by atoms with Gasteiger partial charge in [0.15, 0.2) is 0 Å². The van der Waals surface area contributed by atoms with Crippen molar-refractivity contribution < 1.29 is 14.4 Å². The number of imide groups is 2. The second kappa shape index (κ2) is 4.91. The van der Waals surface area contributed by atoms with Gasteiger partial charge in [0.25, 0.3) is 0 Å². The van der Waals surface area contributed by atoms with Crippen LogP contribution in [-0.2, 0) is 9.59 Å². The Labute approximate surface area is 111 Å². The average Bonchev–Trinajstić information content (AvgIpc) is 2.25. The molecule has 1 spiro atoms. The quantitative estimate of drug-likeness (QED) is 0.784. The first-order valence-electron chi connectivity index (χ1n) is 6.25. The van der Waals surface area contributed by atoms with Crippen molar-refractivity contribution in [1.82, 2.24) is 10.2 Å². The van der Waals surface area contributed by atoms with E-state index in [9.17, 15) is 14.4 Å². The van der Waals surface area contributed by atoms with Crippen molar-refractivity contribution >= 4 is 29.6 Å². The maximum absolute atomic E-state index is 12.5. The van der Waals surface area contributed by atoms with Gasteiger partial charge in [-0.05, 0) is 25.5 Å². The number of barbiturate groups is 1. The second-order valence-electron chi connectivity index (χ2n) is 4.89. The van der Waals surface area contributed by atoms with E-state index in [1.54, 1.807) is 11.8 Å². The van der Waals surface area contributed by atoms with Gasteiger partial charge < -0.3 is 0 Å². The van der Waals surface area contributed by atoms with Gasteiger partial charge in [-0.25, -0.2) is 4.79 Å². The summed E-state index contributed by atoms with van der Waals surface area (Å²) >= 11 is 1.60. The first kappa shape index (κ1) is 13.4. The van der Waals surface area contributed by atoms with Crippen molar-refractivity contribution in [2.45, 2.75) is 38.6 Å². The highest BCUT2D eigenvalue weighted by Gasteiger charge is 2.58. The molecule has 0 bridgehead atoms. The smallest absolute Gasteiger partial charge is 0.277 e. The van der Waals surface area contributed by atoms with Crippen LogP contribution in [0.1, 0.15) is 32.6 Å². The van der Waals surface area contributed by atoms with Crippen LogP contribution >= 0.6 is 11.8 Å². The van der Waals surface area contributed by atoms with Crippen LogP contribution in [0.5, 0.6) is 0 Å². The third-order valence-corrected chi connectivity index (χ3v) is 4.62. The van der Waals surface area contributed by atoms with E-state index in [0.717, 1.165) is 6.42 Å². The molecular formula is C12H18N2O3S. The molecule has 2 rings (SSSR count). The molecule has 2 aliphatic rings. The number of carbonyl (C=O) groups is 3. The summed E-state index contributed by atoms with van der Waals surface area (Å²) in [5, 5.41) is 2.34. The van der Waals surface area contributed by atoms with Crippen molar-refractivity contribution in [2.75, 3.05) is 12.0 Å². The van der Waals surface area contributed by atoms with E-state index in [4.69, 9.17) is 0 Å². The fraction of sp³-hybridized carbons (Fsp3) is 0.750. The molecule has 0 aromatic carbocycles. The molecule has 1 N–H and O–H groups in total. The predicted molar refractivity (Wildman–Crippen MR) is 69.1 cm³/mol. The number of amides is 4. The molecule has 6 heteroatoms. The molecule has 1 saturated heterocycles. The zero-order valence-electron chi connectivity index (χ0n) is 10.7. The SMILES string of the molecule is CCC(CSC)N1C(=O)NC(=O)C2(CCC2)C1=O. The number of carbonyl (C=O) groups excluding carboxylic acids is 3. The van der Waals surface area contributed by atoms with E-state index < -0.39 is 17.4 Å². The summed E-state index contributed by atoms with van der Waals surface area (Å²) < 4.78 is 0. The minimum absolute atomic E-state index is 0.127. The fourth-order valence-corrected chi connectivity index (χ4v) is 3.34. The minimum atomic E-state index is -0.945. The Hall–Kier alpha value is -1.04. The maximum Gasteiger partial charge on any atom is 0.331 e. The highest BCUT2D eigenvalue weighted by molar-refractivity contribution is 7.98. The molecule has 1 saturated carbocycles. The lowest BCUT2D eigenvalue weighted by atomic mass is 9.66. The molecule has 100 valence electrons. The zero-order valence-corrected chi connectivity index (χ0v) is 11.5. The number of nitrogens with zero attached hydrogens (tertiary/aromatic N) is 1. The van der Waals surface area contributed by atoms with Gasteiger partial charge in [0.05, 0.1) is 6.04 Å². The van der Waals surface area contributed by atoms with Crippen molar-refractivity contribution in [3.8, 4) is 0 Å². The van der Waals surface area contributed by atoms with Gasteiger partial charge in [-0.15, -0.1) is 0 Å². The van der Waals surface area contributed by atoms with Gasteiger partial charge in [0, 0.05) is 5.75 Å². The molecule has 1 unspecified atom stereocenters. The van der Waals surface area contributed by atoms with Crippen molar-refractivity contribution in [1.29, 1.82) is 0 Å². The van der Waals surface area contributed by atoms with Gasteiger partial charge in [-0.2, -0.15) is 11.8 Å². The molecule has 18 heavy (non-hydrogen) atoms.